The quantitative estimate of drug-likeness (QED) is 0.781. The van der Waals surface area contributed by atoms with Gasteiger partial charge in [0.25, 0.3) is 0 Å². The Hall–Kier alpha value is -3.02. The topological polar surface area (TPSA) is 94.9 Å². The van der Waals surface area contributed by atoms with E-state index in [0.717, 1.165) is 5.56 Å². The summed E-state index contributed by atoms with van der Waals surface area (Å²) in [5.74, 6) is 0.198. The zero-order chi connectivity index (χ0) is 13.9. The second-order valence-electron chi connectivity index (χ2n) is 4.10. The smallest absolute Gasteiger partial charge is 0.249 e. The molecule has 3 rings (SSSR count). The Morgan fingerprint density at radius 1 is 1.05 bits per heavy atom. The number of amides is 1. The number of carbonyl (C=O) groups excluding carboxylic acids is 1. The molecule has 6 heteroatoms. The van der Waals surface area contributed by atoms with Gasteiger partial charge in [-0.2, -0.15) is 0 Å². The van der Waals surface area contributed by atoms with E-state index in [4.69, 9.17) is 10.2 Å². The van der Waals surface area contributed by atoms with E-state index in [1.54, 1.807) is 42.7 Å². The number of rotatable bonds is 3. The first-order valence-corrected chi connectivity index (χ1v) is 5.88. The van der Waals surface area contributed by atoms with E-state index in [0.29, 0.717) is 22.9 Å². The lowest BCUT2D eigenvalue weighted by Crippen LogP contribution is -2.10. The molecule has 20 heavy (non-hydrogen) atoms. The van der Waals surface area contributed by atoms with Gasteiger partial charge in [0.1, 0.15) is 0 Å². The molecule has 0 unspecified atom stereocenters. The second-order valence-corrected chi connectivity index (χ2v) is 4.10. The summed E-state index contributed by atoms with van der Waals surface area (Å²) in [7, 11) is 0. The summed E-state index contributed by atoms with van der Waals surface area (Å²) in [6.45, 7) is 0. The van der Waals surface area contributed by atoms with Crippen LogP contribution in [0.5, 0.6) is 0 Å². The molecule has 2 aromatic heterocycles. The fourth-order valence-electron chi connectivity index (χ4n) is 1.75. The van der Waals surface area contributed by atoms with Crippen molar-refractivity contribution in [3.8, 4) is 22.9 Å². The van der Waals surface area contributed by atoms with Gasteiger partial charge in [-0.05, 0) is 30.3 Å². The maximum absolute atomic E-state index is 11.2. The monoisotopic (exact) mass is 266 g/mol. The molecule has 0 atom stereocenters. The van der Waals surface area contributed by atoms with Gasteiger partial charge in [0.15, 0.2) is 0 Å². The van der Waals surface area contributed by atoms with Crippen molar-refractivity contribution in [2.24, 2.45) is 5.73 Å². The third kappa shape index (κ3) is 2.26. The molecule has 0 saturated carbocycles. The van der Waals surface area contributed by atoms with Crippen molar-refractivity contribution in [3.63, 3.8) is 0 Å². The van der Waals surface area contributed by atoms with Gasteiger partial charge in [0.05, 0.1) is 5.56 Å². The molecular weight excluding hydrogens is 256 g/mol. The maximum atomic E-state index is 11.2. The summed E-state index contributed by atoms with van der Waals surface area (Å²) < 4.78 is 5.58. The SMILES string of the molecule is NC(=O)c1cccc(-c2nnc(-c3cccnc3)o2)c1. The lowest BCUT2D eigenvalue weighted by Gasteiger charge is -1.98. The molecule has 3 aromatic rings. The van der Waals surface area contributed by atoms with E-state index >= 15 is 0 Å². The van der Waals surface area contributed by atoms with E-state index in [-0.39, 0.29) is 0 Å². The number of primary amides is 1. The molecule has 0 spiro atoms. The fourth-order valence-corrected chi connectivity index (χ4v) is 1.75. The first-order valence-electron chi connectivity index (χ1n) is 5.88. The largest absolute Gasteiger partial charge is 0.416 e. The fraction of sp³-hybridized carbons (Fsp3) is 0. The number of hydrogen-bond donors (Lipinski definition) is 1. The standard InChI is InChI=1S/C14H10N4O2/c15-12(19)9-3-1-4-10(7-9)13-17-18-14(20-13)11-5-2-6-16-8-11/h1-8H,(H2,15,19). The number of nitrogens with zero attached hydrogens (tertiary/aromatic N) is 3. The molecule has 0 fully saturated rings. The van der Waals surface area contributed by atoms with Crippen LogP contribution in [0.2, 0.25) is 0 Å². The molecule has 0 radical (unpaired) electrons. The highest BCUT2D eigenvalue weighted by atomic mass is 16.4. The highest BCUT2D eigenvalue weighted by molar-refractivity contribution is 5.93. The number of pyridine rings is 1. The Morgan fingerprint density at radius 3 is 2.50 bits per heavy atom. The van der Waals surface area contributed by atoms with Crippen molar-refractivity contribution < 1.29 is 9.21 Å². The highest BCUT2D eigenvalue weighted by Crippen LogP contribution is 2.23. The van der Waals surface area contributed by atoms with E-state index in [1.165, 1.54) is 0 Å². The maximum Gasteiger partial charge on any atom is 0.249 e. The zero-order valence-electron chi connectivity index (χ0n) is 10.4. The number of carbonyl (C=O) groups is 1. The Kier molecular flexibility index (Phi) is 2.96. The van der Waals surface area contributed by atoms with Gasteiger partial charge in [0, 0.05) is 23.5 Å². The van der Waals surface area contributed by atoms with Gasteiger partial charge < -0.3 is 10.2 Å². The third-order valence-corrected chi connectivity index (χ3v) is 2.73. The average Bonchev–Trinajstić information content (AvgIpc) is 2.98. The van der Waals surface area contributed by atoms with Crippen molar-refractivity contribution in [1.29, 1.82) is 0 Å². The van der Waals surface area contributed by atoms with Crippen LogP contribution in [0.4, 0.5) is 0 Å². The van der Waals surface area contributed by atoms with E-state index in [9.17, 15) is 4.79 Å². The van der Waals surface area contributed by atoms with Crippen molar-refractivity contribution in [1.82, 2.24) is 15.2 Å². The lowest BCUT2D eigenvalue weighted by molar-refractivity contribution is 0.100. The highest BCUT2D eigenvalue weighted by Gasteiger charge is 2.11. The number of nitrogens with two attached hydrogens (primary N) is 1. The van der Waals surface area contributed by atoms with Crippen molar-refractivity contribution in [2.45, 2.75) is 0 Å². The Labute approximate surface area is 114 Å². The van der Waals surface area contributed by atoms with E-state index < -0.39 is 5.91 Å². The Bertz CT molecular complexity index is 753. The third-order valence-electron chi connectivity index (χ3n) is 2.73. The summed E-state index contributed by atoms with van der Waals surface area (Å²) in [4.78, 5) is 15.1. The summed E-state index contributed by atoms with van der Waals surface area (Å²) in [6, 6.07) is 10.3. The van der Waals surface area contributed by atoms with E-state index in [1.807, 2.05) is 6.07 Å². The van der Waals surface area contributed by atoms with Crippen LogP contribution in [-0.2, 0) is 0 Å². The number of hydrogen-bond acceptors (Lipinski definition) is 5. The molecule has 0 saturated heterocycles. The Balaban J connectivity index is 1.98. The van der Waals surface area contributed by atoms with Crippen molar-refractivity contribution >= 4 is 5.91 Å². The molecule has 1 aromatic carbocycles. The van der Waals surface area contributed by atoms with Crippen LogP contribution in [0.1, 0.15) is 10.4 Å². The predicted molar refractivity (Wildman–Crippen MR) is 71.5 cm³/mol. The summed E-state index contributed by atoms with van der Waals surface area (Å²) >= 11 is 0. The zero-order valence-corrected chi connectivity index (χ0v) is 10.4. The van der Waals surface area contributed by atoms with Gasteiger partial charge in [-0.1, -0.05) is 6.07 Å². The Morgan fingerprint density at radius 2 is 1.80 bits per heavy atom. The number of aromatic nitrogens is 3. The minimum Gasteiger partial charge on any atom is -0.416 e. The minimum absolute atomic E-state index is 0.326. The van der Waals surface area contributed by atoms with Crippen LogP contribution in [0.25, 0.3) is 22.9 Å². The predicted octanol–water partition coefficient (Wildman–Crippen LogP) is 1.90. The molecule has 6 nitrogen and oxygen atoms in total. The number of benzene rings is 1. The molecule has 0 aliphatic heterocycles. The average molecular weight is 266 g/mol. The molecule has 98 valence electrons. The minimum atomic E-state index is -0.501. The lowest BCUT2D eigenvalue weighted by atomic mass is 10.1. The van der Waals surface area contributed by atoms with Crippen LogP contribution in [0, 0.1) is 0 Å². The molecule has 2 N–H and O–H groups in total. The van der Waals surface area contributed by atoms with Gasteiger partial charge in [-0.3, -0.25) is 9.78 Å². The van der Waals surface area contributed by atoms with Crippen molar-refractivity contribution in [2.75, 3.05) is 0 Å². The van der Waals surface area contributed by atoms with Crippen LogP contribution < -0.4 is 5.73 Å². The molecular formula is C14H10N4O2. The molecule has 0 aliphatic rings. The summed E-state index contributed by atoms with van der Waals surface area (Å²) in [6.07, 6.45) is 3.30. The molecule has 0 bridgehead atoms. The van der Waals surface area contributed by atoms with Crippen molar-refractivity contribution in [3.05, 3.63) is 54.4 Å². The first-order chi connectivity index (χ1) is 9.74. The summed E-state index contributed by atoms with van der Waals surface area (Å²) in [5.41, 5.74) is 7.01. The molecule has 1 amide bonds. The van der Waals surface area contributed by atoms with Gasteiger partial charge in [-0.15, -0.1) is 10.2 Å². The first kappa shape index (κ1) is 12.0. The van der Waals surface area contributed by atoms with E-state index in [2.05, 4.69) is 15.2 Å². The van der Waals surface area contributed by atoms with Crippen LogP contribution >= 0.6 is 0 Å². The molecule has 2 heterocycles. The van der Waals surface area contributed by atoms with Crippen LogP contribution in [0.15, 0.2) is 53.2 Å². The summed E-state index contributed by atoms with van der Waals surface area (Å²) in [5, 5.41) is 7.93. The van der Waals surface area contributed by atoms with Crippen LogP contribution in [0.3, 0.4) is 0 Å². The van der Waals surface area contributed by atoms with Gasteiger partial charge >= 0.3 is 0 Å². The second kappa shape index (κ2) is 4.93. The van der Waals surface area contributed by atoms with Crippen LogP contribution in [-0.4, -0.2) is 21.1 Å². The van der Waals surface area contributed by atoms with Gasteiger partial charge in [0.2, 0.25) is 17.7 Å². The molecule has 0 aliphatic carbocycles. The normalized spacial score (nSPS) is 10.4. The van der Waals surface area contributed by atoms with Gasteiger partial charge in [-0.25, -0.2) is 0 Å².